The fraction of sp³-hybridized carbons (Fsp3) is 0.350. The lowest BCUT2D eigenvalue weighted by atomic mass is 10.2. The van der Waals surface area contributed by atoms with Crippen molar-refractivity contribution < 1.29 is 27.2 Å². The lowest BCUT2D eigenvalue weighted by Gasteiger charge is -2.31. The van der Waals surface area contributed by atoms with Crippen LogP contribution in [-0.2, 0) is 10.0 Å². The number of sulfonamides is 1. The Labute approximate surface area is 164 Å². The van der Waals surface area contributed by atoms with Crippen molar-refractivity contribution in [1.82, 2.24) is 4.31 Å². The van der Waals surface area contributed by atoms with Crippen molar-refractivity contribution in [3.05, 3.63) is 59.9 Å². The first-order chi connectivity index (χ1) is 13.4. The lowest BCUT2D eigenvalue weighted by molar-refractivity contribution is -0.903. The average Bonchev–Trinajstić information content (AvgIpc) is 2.70. The molecular weight excluding hydrogens is 383 g/mol. The van der Waals surface area contributed by atoms with Crippen LogP contribution in [0.2, 0.25) is 0 Å². The Bertz CT molecular complexity index is 906. The molecule has 2 aromatic carbocycles. The molecule has 0 saturated carbocycles. The number of Topliss-reactive ketones (excluding diaryl/α,β-unsaturated/α-hetero) is 1. The summed E-state index contributed by atoms with van der Waals surface area (Å²) in [4.78, 5) is 12.8. The number of halogens is 1. The van der Waals surface area contributed by atoms with Crippen LogP contribution in [0.25, 0.3) is 0 Å². The molecule has 0 spiro atoms. The van der Waals surface area contributed by atoms with Crippen molar-refractivity contribution in [3.63, 3.8) is 0 Å². The Balaban J connectivity index is 1.49. The molecule has 0 amide bonds. The van der Waals surface area contributed by atoms with Gasteiger partial charge in [-0.15, -0.1) is 0 Å². The van der Waals surface area contributed by atoms with Crippen molar-refractivity contribution >= 4 is 15.8 Å². The van der Waals surface area contributed by atoms with E-state index in [0.717, 1.165) is 6.54 Å². The Kier molecular flexibility index (Phi) is 6.43. The number of rotatable bonds is 7. The fourth-order valence-corrected chi connectivity index (χ4v) is 4.59. The zero-order chi connectivity index (χ0) is 20.1. The highest BCUT2D eigenvalue weighted by atomic mass is 32.2. The zero-order valence-corrected chi connectivity index (χ0v) is 16.5. The molecule has 3 rings (SSSR count). The van der Waals surface area contributed by atoms with E-state index >= 15 is 0 Å². The van der Waals surface area contributed by atoms with Crippen LogP contribution in [0.4, 0.5) is 4.39 Å². The summed E-state index contributed by atoms with van der Waals surface area (Å²) in [5.41, 5.74) is 0.495. The summed E-state index contributed by atoms with van der Waals surface area (Å²) in [5.74, 6) is 0.228. The van der Waals surface area contributed by atoms with Gasteiger partial charge in [0.1, 0.15) is 24.7 Å². The van der Waals surface area contributed by atoms with Gasteiger partial charge in [-0.1, -0.05) is 12.1 Å². The highest BCUT2D eigenvalue weighted by Gasteiger charge is 2.30. The van der Waals surface area contributed by atoms with Crippen molar-refractivity contribution in [3.8, 4) is 5.75 Å². The van der Waals surface area contributed by atoms with Crippen LogP contribution in [0.15, 0.2) is 53.4 Å². The lowest BCUT2D eigenvalue weighted by Crippen LogP contribution is -3.15. The van der Waals surface area contributed by atoms with Gasteiger partial charge in [0.15, 0.2) is 5.78 Å². The van der Waals surface area contributed by atoms with Gasteiger partial charge in [0, 0.05) is 5.56 Å². The van der Waals surface area contributed by atoms with Crippen LogP contribution < -0.4 is 9.64 Å². The second-order valence-corrected chi connectivity index (χ2v) is 8.72. The topological polar surface area (TPSA) is 68.1 Å². The third kappa shape index (κ3) is 4.95. The number of piperazine rings is 1. The van der Waals surface area contributed by atoms with Gasteiger partial charge in [-0.05, 0) is 43.3 Å². The standard InChI is InChI=1S/C20H23FN2O4S/c1-16(24)17-2-8-20(9-3-17)28(25,26)23-12-10-22(11-13-23)14-15-27-19-6-4-18(21)5-7-19/h2-9H,10-15H2,1H3/p+1. The number of carbonyl (C=O) groups is 1. The summed E-state index contributed by atoms with van der Waals surface area (Å²) >= 11 is 0. The first-order valence-electron chi connectivity index (χ1n) is 9.19. The molecule has 0 aromatic heterocycles. The Hall–Kier alpha value is -2.29. The van der Waals surface area contributed by atoms with Gasteiger partial charge in [-0.3, -0.25) is 4.79 Å². The van der Waals surface area contributed by atoms with E-state index < -0.39 is 10.0 Å². The SMILES string of the molecule is CC(=O)c1ccc(S(=O)(=O)N2CC[NH+](CCOc3ccc(F)cc3)CC2)cc1. The van der Waals surface area contributed by atoms with E-state index in [1.54, 1.807) is 24.3 Å². The van der Waals surface area contributed by atoms with Crippen molar-refractivity contribution in [2.75, 3.05) is 39.3 Å². The van der Waals surface area contributed by atoms with Gasteiger partial charge >= 0.3 is 0 Å². The predicted octanol–water partition coefficient (Wildman–Crippen LogP) is 0.997. The number of benzene rings is 2. The zero-order valence-electron chi connectivity index (χ0n) is 15.7. The molecule has 0 bridgehead atoms. The summed E-state index contributed by atoms with van der Waals surface area (Å²) < 4.78 is 45.5. The molecule has 1 aliphatic heterocycles. The van der Waals surface area contributed by atoms with Crippen molar-refractivity contribution in [1.29, 1.82) is 0 Å². The fourth-order valence-electron chi connectivity index (χ4n) is 3.15. The van der Waals surface area contributed by atoms with E-state index in [9.17, 15) is 17.6 Å². The van der Waals surface area contributed by atoms with Gasteiger partial charge in [-0.2, -0.15) is 4.31 Å². The first-order valence-corrected chi connectivity index (χ1v) is 10.6. The van der Waals surface area contributed by atoms with Crippen LogP contribution >= 0.6 is 0 Å². The van der Waals surface area contributed by atoms with E-state index in [-0.39, 0.29) is 16.5 Å². The number of carbonyl (C=O) groups excluding carboxylic acids is 1. The highest BCUT2D eigenvalue weighted by Crippen LogP contribution is 2.17. The molecule has 1 heterocycles. The van der Waals surface area contributed by atoms with Crippen LogP contribution in [0, 0.1) is 5.82 Å². The van der Waals surface area contributed by atoms with Gasteiger partial charge in [0.25, 0.3) is 0 Å². The molecule has 1 saturated heterocycles. The van der Waals surface area contributed by atoms with Crippen molar-refractivity contribution in [2.24, 2.45) is 0 Å². The summed E-state index contributed by atoms with van der Waals surface area (Å²) in [6.45, 7) is 4.94. The molecule has 0 unspecified atom stereocenters. The largest absolute Gasteiger partial charge is 0.488 e. The quantitative estimate of drug-likeness (QED) is 0.696. The Morgan fingerprint density at radius 2 is 1.68 bits per heavy atom. The molecular formula is C20H24FN2O4S+. The number of ether oxygens (including phenoxy) is 1. The van der Waals surface area contributed by atoms with Crippen LogP contribution in [0.3, 0.4) is 0 Å². The maximum Gasteiger partial charge on any atom is 0.243 e. The number of nitrogens with zero attached hydrogens (tertiary/aromatic N) is 1. The molecule has 0 atom stereocenters. The van der Waals surface area contributed by atoms with E-state index in [2.05, 4.69) is 0 Å². The van der Waals surface area contributed by atoms with E-state index in [1.165, 1.54) is 40.4 Å². The second-order valence-electron chi connectivity index (χ2n) is 6.79. The molecule has 1 aliphatic rings. The Morgan fingerprint density at radius 3 is 2.25 bits per heavy atom. The second kappa shape index (κ2) is 8.81. The molecule has 6 nitrogen and oxygen atoms in total. The number of hydrogen-bond donors (Lipinski definition) is 1. The number of nitrogens with one attached hydrogen (secondary N) is 1. The monoisotopic (exact) mass is 407 g/mol. The van der Waals surface area contributed by atoms with Crippen LogP contribution in [-0.4, -0.2) is 57.8 Å². The average molecular weight is 407 g/mol. The number of quaternary nitrogens is 1. The molecule has 28 heavy (non-hydrogen) atoms. The van der Waals surface area contributed by atoms with Crippen molar-refractivity contribution in [2.45, 2.75) is 11.8 Å². The first kappa shape index (κ1) is 20.4. The van der Waals surface area contributed by atoms with Crippen LogP contribution in [0.1, 0.15) is 17.3 Å². The van der Waals surface area contributed by atoms with Gasteiger partial charge in [0.2, 0.25) is 10.0 Å². The third-order valence-corrected chi connectivity index (χ3v) is 6.78. The minimum atomic E-state index is -3.55. The molecule has 2 aromatic rings. The van der Waals surface area contributed by atoms with Crippen LogP contribution in [0.5, 0.6) is 5.75 Å². The minimum absolute atomic E-state index is 0.0935. The molecule has 0 radical (unpaired) electrons. The molecule has 1 N–H and O–H groups in total. The minimum Gasteiger partial charge on any atom is -0.488 e. The molecule has 1 fully saturated rings. The predicted molar refractivity (Wildman–Crippen MR) is 103 cm³/mol. The summed E-state index contributed by atoms with van der Waals surface area (Å²) in [6, 6.07) is 12.0. The van der Waals surface area contributed by atoms with E-state index in [4.69, 9.17) is 4.74 Å². The third-order valence-electron chi connectivity index (χ3n) is 4.87. The summed E-state index contributed by atoms with van der Waals surface area (Å²) in [6.07, 6.45) is 0. The number of ketones is 1. The summed E-state index contributed by atoms with van der Waals surface area (Å²) in [5, 5.41) is 0. The Morgan fingerprint density at radius 1 is 1.07 bits per heavy atom. The normalized spacial score (nSPS) is 16.1. The molecule has 0 aliphatic carbocycles. The van der Waals surface area contributed by atoms with E-state index in [0.29, 0.717) is 44.1 Å². The smallest absolute Gasteiger partial charge is 0.243 e. The van der Waals surface area contributed by atoms with E-state index in [1.807, 2.05) is 0 Å². The maximum atomic E-state index is 12.9. The highest BCUT2D eigenvalue weighted by molar-refractivity contribution is 7.89. The van der Waals surface area contributed by atoms with Gasteiger partial charge in [0.05, 0.1) is 31.1 Å². The van der Waals surface area contributed by atoms with Gasteiger partial charge < -0.3 is 9.64 Å². The summed E-state index contributed by atoms with van der Waals surface area (Å²) in [7, 11) is -3.55. The molecule has 150 valence electrons. The van der Waals surface area contributed by atoms with Gasteiger partial charge in [-0.25, -0.2) is 12.8 Å². The molecule has 8 heteroatoms. The maximum absolute atomic E-state index is 12.9. The number of hydrogen-bond acceptors (Lipinski definition) is 4.